The van der Waals surface area contributed by atoms with Gasteiger partial charge in [0.15, 0.2) is 0 Å². The largest absolute Gasteiger partial charge is 0.371 e. The number of nitrogens with zero attached hydrogens (tertiary/aromatic N) is 2. The van der Waals surface area contributed by atoms with Gasteiger partial charge in [-0.2, -0.15) is 0 Å². The second-order valence-electron chi connectivity index (χ2n) is 5.00. The average Bonchev–Trinajstić information content (AvgIpc) is 2.49. The van der Waals surface area contributed by atoms with Crippen LogP contribution in [0.25, 0.3) is 0 Å². The van der Waals surface area contributed by atoms with E-state index in [4.69, 9.17) is 4.74 Å². The number of ether oxygens (including phenoxy) is 1. The van der Waals surface area contributed by atoms with Crippen LogP contribution >= 0.6 is 15.9 Å². The van der Waals surface area contributed by atoms with Crippen molar-refractivity contribution in [3.05, 3.63) is 64.4 Å². The fraction of sp³-hybridized carbons (Fsp3) is 0.312. The summed E-state index contributed by atoms with van der Waals surface area (Å²) in [6.45, 7) is 3.66. The molecule has 4 heteroatoms. The predicted molar refractivity (Wildman–Crippen MR) is 82.3 cm³/mol. The van der Waals surface area contributed by atoms with Gasteiger partial charge in [-0.15, -0.1) is 0 Å². The molecule has 1 aromatic carbocycles. The third kappa shape index (κ3) is 3.45. The molecule has 1 aliphatic heterocycles. The molecule has 20 heavy (non-hydrogen) atoms. The van der Waals surface area contributed by atoms with Gasteiger partial charge in [0.25, 0.3) is 0 Å². The molecule has 0 amide bonds. The lowest BCUT2D eigenvalue weighted by Gasteiger charge is -2.33. The standard InChI is InChI=1S/C16H17BrN2O/c17-15-3-1-14(2-4-15)16-12-19(9-10-20-16)11-13-5-7-18-8-6-13/h1-8,16H,9-12H2. The molecule has 1 aromatic heterocycles. The summed E-state index contributed by atoms with van der Waals surface area (Å²) in [6.07, 6.45) is 3.86. The lowest BCUT2D eigenvalue weighted by Crippen LogP contribution is -2.37. The van der Waals surface area contributed by atoms with Crippen molar-refractivity contribution in [1.29, 1.82) is 0 Å². The molecule has 1 aliphatic rings. The lowest BCUT2D eigenvalue weighted by atomic mass is 10.1. The number of hydrogen-bond acceptors (Lipinski definition) is 3. The number of halogens is 1. The molecule has 0 spiro atoms. The van der Waals surface area contributed by atoms with E-state index in [0.717, 1.165) is 30.7 Å². The Labute approximate surface area is 127 Å². The van der Waals surface area contributed by atoms with Crippen molar-refractivity contribution in [1.82, 2.24) is 9.88 Å². The molecule has 1 unspecified atom stereocenters. The van der Waals surface area contributed by atoms with Crippen molar-refractivity contribution in [3.63, 3.8) is 0 Å². The highest BCUT2D eigenvalue weighted by atomic mass is 79.9. The van der Waals surface area contributed by atoms with Gasteiger partial charge in [-0.1, -0.05) is 28.1 Å². The Morgan fingerprint density at radius 2 is 1.90 bits per heavy atom. The molecule has 1 fully saturated rings. The second kappa shape index (κ2) is 6.48. The predicted octanol–water partition coefficient (Wildman–Crippen LogP) is 3.42. The van der Waals surface area contributed by atoms with Crippen LogP contribution in [0.3, 0.4) is 0 Å². The van der Waals surface area contributed by atoms with Crippen molar-refractivity contribution >= 4 is 15.9 Å². The molecule has 0 aliphatic carbocycles. The zero-order valence-electron chi connectivity index (χ0n) is 11.2. The van der Waals surface area contributed by atoms with E-state index in [1.165, 1.54) is 11.1 Å². The van der Waals surface area contributed by atoms with Gasteiger partial charge in [-0.3, -0.25) is 9.88 Å². The molecule has 2 heterocycles. The summed E-state index contributed by atoms with van der Waals surface area (Å²) in [5, 5.41) is 0. The maximum atomic E-state index is 5.90. The number of rotatable bonds is 3. The summed E-state index contributed by atoms with van der Waals surface area (Å²) in [5.74, 6) is 0. The van der Waals surface area contributed by atoms with Gasteiger partial charge in [0.1, 0.15) is 0 Å². The van der Waals surface area contributed by atoms with Gasteiger partial charge in [0.05, 0.1) is 12.7 Å². The zero-order valence-corrected chi connectivity index (χ0v) is 12.8. The van der Waals surface area contributed by atoms with E-state index >= 15 is 0 Å². The van der Waals surface area contributed by atoms with Crippen molar-refractivity contribution < 1.29 is 4.74 Å². The van der Waals surface area contributed by atoms with Crippen LogP contribution in [-0.2, 0) is 11.3 Å². The first-order valence-electron chi connectivity index (χ1n) is 6.79. The summed E-state index contributed by atoms with van der Waals surface area (Å²) in [4.78, 5) is 6.50. The third-order valence-electron chi connectivity index (χ3n) is 3.55. The number of morpholine rings is 1. The van der Waals surface area contributed by atoms with E-state index in [-0.39, 0.29) is 6.10 Å². The minimum atomic E-state index is 0.165. The molecule has 3 rings (SSSR count). The van der Waals surface area contributed by atoms with Gasteiger partial charge >= 0.3 is 0 Å². The minimum absolute atomic E-state index is 0.165. The molecule has 2 aromatic rings. The number of aromatic nitrogens is 1. The van der Waals surface area contributed by atoms with Crippen LogP contribution in [-0.4, -0.2) is 29.6 Å². The number of benzene rings is 1. The fourth-order valence-corrected chi connectivity index (χ4v) is 2.74. The molecule has 1 atom stereocenters. The van der Waals surface area contributed by atoms with E-state index in [1.807, 2.05) is 12.4 Å². The van der Waals surface area contributed by atoms with Crippen LogP contribution in [0.15, 0.2) is 53.3 Å². The maximum absolute atomic E-state index is 5.90. The molecule has 3 nitrogen and oxygen atoms in total. The van der Waals surface area contributed by atoms with Crippen LogP contribution in [0.5, 0.6) is 0 Å². The first-order valence-corrected chi connectivity index (χ1v) is 7.59. The Morgan fingerprint density at radius 3 is 2.65 bits per heavy atom. The molecule has 104 valence electrons. The van der Waals surface area contributed by atoms with Crippen LogP contribution in [0, 0.1) is 0 Å². The molecule has 0 saturated carbocycles. The van der Waals surface area contributed by atoms with E-state index in [1.54, 1.807) is 0 Å². The molecule has 0 radical (unpaired) electrons. The lowest BCUT2D eigenvalue weighted by molar-refractivity contribution is -0.0329. The smallest absolute Gasteiger partial charge is 0.0952 e. The van der Waals surface area contributed by atoms with Gasteiger partial charge < -0.3 is 4.74 Å². The third-order valence-corrected chi connectivity index (χ3v) is 4.08. The van der Waals surface area contributed by atoms with E-state index in [9.17, 15) is 0 Å². The van der Waals surface area contributed by atoms with Crippen LogP contribution in [0.1, 0.15) is 17.2 Å². The second-order valence-corrected chi connectivity index (χ2v) is 5.92. The first kappa shape index (κ1) is 13.7. The summed E-state index contributed by atoms with van der Waals surface area (Å²) < 4.78 is 7.00. The monoisotopic (exact) mass is 332 g/mol. The highest BCUT2D eigenvalue weighted by Gasteiger charge is 2.21. The number of pyridine rings is 1. The van der Waals surface area contributed by atoms with E-state index < -0.39 is 0 Å². The summed E-state index contributed by atoms with van der Waals surface area (Å²) >= 11 is 3.47. The Morgan fingerprint density at radius 1 is 1.15 bits per heavy atom. The molecule has 0 N–H and O–H groups in total. The van der Waals surface area contributed by atoms with Gasteiger partial charge in [0.2, 0.25) is 0 Å². The Hall–Kier alpha value is -1.23. The van der Waals surface area contributed by atoms with Crippen molar-refractivity contribution in [2.75, 3.05) is 19.7 Å². The number of hydrogen-bond donors (Lipinski definition) is 0. The van der Waals surface area contributed by atoms with Crippen LogP contribution in [0.4, 0.5) is 0 Å². The quantitative estimate of drug-likeness (QED) is 0.861. The average molecular weight is 333 g/mol. The normalized spacial score (nSPS) is 19.9. The van der Waals surface area contributed by atoms with Gasteiger partial charge in [-0.25, -0.2) is 0 Å². The Balaban J connectivity index is 1.66. The molecular formula is C16H17BrN2O. The molecular weight excluding hydrogens is 316 g/mol. The maximum Gasteiger partial charge on any atom is 0.0952 e. The van der Waals surface area contributed by atoms with Gasteiger partial charge in [-0.05, 0) is 35.4 Å². The van der Waals surface area contributed by atoms with Crippen molar-refractivity contribution in [3.8, 4) is 0 Å². The summed E-state index contributed by atoms with van der Waals surface area (Å²) in [7, 11) is 0. The van der Waals surface area contributed by atoms with E-state index in [0.29, 0.717) is 0 Å². The van der Waals surface area contributed by atoms with Crippen molar-refractivity contribution in [2.24, 2.45) is 0 Å². The van der Waals surface area contributed by atoms with Gasteiger partial charge in [0, 0.05) is 36.5 Å². The van der Waals surface area contributed by atoms with E-state index in [2.05, 4.69) is 62.2 Å². The van der Waals surface area contributed by atoms with Crippen LogP contribution < -0.4 is 0 Å². The zero-order chi connectivity index (χ0) is 13.8. The highest BCUT2D eigenvalue weighted by Crippen LogP contribution is 2.24. The SMILES string of the molecule is Brc1ccc(C2CN(Cc3ccncc3)CCO2)cc1. The molecule has 0 bridgehead atoms. The van der Waals surface area contributed by atoms with Crippen LogP contribution in [0.2, 0.25) is 0 Å². The Bertz CT molecular complexity index is 544. The molecule has 1 saturated heterocycles. The highest BCUT2D eigenvalue weighted by molar-refractivity contribution is 9.10. The minimum Gasteiger partial charge on any atom is -0.371 e. The Kier molecular flexibility index (Phi) is 4.45. The topological polar surface area (TPSA) is 25.4 Å². The summed E-state index contributed by atoms with van der Waals surface area (Å²) in [5.41, 5.74) is 2.55. The first-order chi connectivity index (χ1) is 9.81. The van der Waals surface area contributed by atoms with Crippen molar-refractivity contribution in [2.45, 2.75) is 12.6 Å². The summed E-state index contributed by atoms with van der Waals surface area (Å²) in [6, 6.07) is 12.5. The fourth-order valence-electron chi connectivity index (χ4n) is 2.47.